The molecule has 1 unspecified atom stereocenters. The van der Waals surface area contributed by atoms with Gasteiger partial charge in [0.15, 0.2) is 0 Å². The molecule has 0 spiro atoms. The van der Waals surface area contributed by atoms with Crippen LogP contribution in [0, 0.1) is 0 Å². The molecule has 0 aromatic carbocycles. The summed E-state index contributed by atoms with van der Waals surface area (Å²) in [5, 5.41) is -0.601. The van der Waals surface area contributed by atoms with Crippen LogP contribution in [0.4, 0.5) is 0 Å². The molecule has 10 heavy (non-hydrogen) atoms. The van der Waals surface area contributed by atoms with Gasteiger partial charge in [-0.25, -0.2) is 0 Å². The molecule has 0 aliphatic carbocycles. The molecule has 0 saturated heterocycles. The van der Waals surface area contributed by atoms with Gasteiger partial charge in [0.1, 0.15) is 0 Å². The number of carbonyl (C=O) groups is 1. The first kappa shape index (κ1) is 9.89. The van der Waals surface area contributed by atoms with Crippen LogP contribution in [0.3, 0.4) is 0 Å². The van der Waals surface area contributed by atoms with Crippen LogP contribution in [0.25, 0.3) is 0 Å². The maximum Gasteiger partial charge on any atom is 0.222 e. The smallest absolute Gasteiger partial charge is 0.222 e. The van der Waals surface area contributed by atoms with Gasteiger partial charge in [-0.2, -0.15) is 0 Å². The summed E-state index contributed by atoms with van der Waals surface area (Å²) in [7, 11) is -3.27. The summed E-state index contributed by atoms with van der Waals surface area (Å²) >= 11 is 4.94. The van der Waals surface area contributed by atoms with Gasteiger partial charge < -0.3 is 4.89 Å². The molecule has 0 saturated carbocycles. The van der Waals surface area contributed by atoms with Crippen molar-refractivity contribution in [2.24, 2.45) is 0 Å². The molecular weight excluding hydrogens is 174 g/mol. The van der Waals surface area contributed by atoms with Crippen LogP contribution in [0.2, 0.25) is 0 Å². The second-order valence-electron chi connectivity index (χ2n) is 1.77. The second-order valence-corrected chi connectivity index (χ2v) is 4.51. The Morgan fingerprint density at radius 3 is 2.60 bits per heavy atom. The molecule has 58 valence electrons. The standard InChI is InChI=1S/C5H8ClO3P/c1-2-10(8,9)4-3-5(6)7/h2H,1,3-4H2,(H,8,9). The van der Waals surface area contributed by atoms with E-state index in [1.165, 1.54) is 0 Å². The maximum atomic E-state index is 10.7. The minimum atomic E-state index is -3.27. The number of rotatable bonds is 4. The Hall–Kier alpha value is -0.110. The van der Waals surface area contributed by atoms with Crippen molar-refractivity contribution in [3.8, 4) is 0 Å². The van der Waals surface area contributed by atoms with E-state index in [0.29, 0.717) is 0 Å². The van der Waals surface area contributed by atoms with Crippen molar-refractivity contribution in [2.45, 2.75) is 6.42 Å². The second kappa shape index (κ2) is 3.91. The van der Waals surface area contributed by atoms with Gasteiger partial charge in [0.2, 0.25) is 12.6 Å². The molecule has 0 aliphatic heterocycles. The molecular formula is C5H8ClO3P. The highest BCUT2D eigenvalue weighted by Crippen LogP contribution is 2.41. The Morgan fingerprint density at radius 1 is 1.80 bits per heavy atom. The molecule has 0 aromatic rings. The van der Waals surface area contributed by atoms with Crippen molar-refractivity contribution in [3.63, 3.8) is 0 Å². The third-order valence-electron chi connectivity index (χ3n) is 0.914. The first-order valence-electron chi connectivity index (χ1n) is 2.61. The van der Waals surface area contributed by atoms with Crippen LogP contribution >= 0.6 is 19.0 Å². The lowest BCUT2D eigenvalue weighted by molar-refractivity contribution is -0.111. The van der Waals surface area contributed by atoms with Gasteiger partial charge in [0, 0.05) is 12.6 Å². The number of hydrogen-bond donors (Lipinski definition) is 1. The molecule has 0 bridgehead atoms. The normalized spacial score (nSPS) is 15.8. The minimum Gasteiger partial charge on any atom is -0.341 e. The third-order valence-corrected chi connectivity index (χ3v) is 2.54. The number of halogens is 1. The minimum absolute atomic E-state index is 0.0820. The molecule has 0 radical (unpaired) electrons. The summed E-state index contributed by atoms with van der Waals surface area (Å²) in [4.78, 5) is 18.9. The molecule has 0 rings (SSSR count). The van der Waals surface area contributed by atoms with E-state index in [0.717, 1.165) is 5.82 Å². The zero-order chi connectivity index (χ0) is 8.20. The summed E-state index contributed by atoms with van der Waals surface area (Å²) in [6.07, 6.45) is -0.194. The SMILES string of the molecule is C=CP(=O)(O)CCC(=O)Cl. The van der Waals surface area contributed by atoms with Crippen LogP contribution in [0.5, 0.6) is 0 Å². The van der Waals surface area contributed by atoms with Gasteiger partial charge >= 0.3 is 0 Å². The summed E-state index contributed by atoms with van der Waals surface area (Å²) in [5.41, 5.74) is 0. The zero-order valence-corrected chi connectivity index (χ0v) is 6.94. The third kappa shape index (κ3) is 4.74. The van der Waals surface area contributed by atoms with Crippen molar-refractivity contribution < 1.29 is 14.3 Å². The molecule has 1 atom stereocenters. The average Bonchev–Trinajstić information content (AvgIpc) is 1.85. The largest absolute Gasteiger partial charge is 0.341 e. The fraction of sp³-hybridized carbons (Fsp3) is 0.400. The fourth-order valence-electron chi connectivity index (χ4n) is 0.339. The maximum absolute atomic E-state index is 10.7. The van der Waals surface area contributed by atoms with Crippen LogP contribution in [0.15, 0.2) is 12.4 Å². The lowest BCUT2D eigenvalue weighted by Gasteiger charge is -2.01. The van der Waals surface area contributed by atoms with E-state index in [1.807, 2.05) is 0 Å². The van der Waals surface area contributed by atoms with Gasteiger partial charge in [-0.05, 0) is 17.4 Å². The molecule has 3 nitrogen and oxygen atoms in total. The average molecular weight is 183 g/mol. The Balaban J connectivity index is 3.79. The molecule has 0 fully saturated rings. The molecule has 1 N–H and O–H groups in total. The molecule has 0 aromatic heterocycles. The van der Waals surface area contributed by atoms with Crippen molar-refractivity contribution >= 4 is 24.2 Å². The lowest BCUT2D eigenvalue weighted by Crippen LogP contribution is -1.92. The predicted octanol–water partition coefficient (Wildman–Crippen LogP) is 1.56. The van der Waals surface area contributed by atoms with E-state index in [1.54, 1.807) is 0 Å². The Kier molecular flexibility index (Phi) is 3.87. The van der Waals surface area contributed by atoms with Crippen LogP contribution < -0.4 is 0 Å². The summed E-state index contributed by atoms with van der Waals surface area (Å²) < 4.78 is 10.7. The highest BCUT2D eigenvalue weighted by Gasteiger charge is 2.13. The predicted molar refractivity (Wildman–Crippen MR) is 40.4 cm³/mol. The van der Waals surface area contributed by atoms with Crippen LogP contribution in [-0.2, 0) is 9.36 Å². The fourth-order valence-corrected chi connectivity index (χ4v) is 1.27. The van der Waals surface area contributed by atoms with E-state index < -0.39 is 12.6 Å². The van der Waals surface area contributed by atoms with E-state index in [9.17, 15) is 9.36 Å². The first-order chi connectivity index (χ1) is 4.48. The zero-order valence-electron chi connectivity index (χ0n) is 5.29. The van der Waals surface area contributed by atoms with Crippen LogP contribution in [-0.4, -0.2) is 16.3 Å². The summed E-state index contributed by atoms with van der Waals surface area (Å²) in [6, 6.07) is 0. The van der Waals surface area contributed by atoms with E-state index in [4.69, 9.17) is 16.5 Å². The van der Waals surface area contributed by atoms with Crippen LogP contribution in [0.1, 0.15) is 6.42 Å². The monoisotopic (exact) mass is 182 g/mol. The molecule has 0 heterocycles. The number of hydrogen-bond acceptors (Lipinski definition) is 2. The summed E-state index contributed by atoms with van der Waals surface area (Å²) in [6.45, 7) is 3.14. The van der Waals surface area contributed by atoms with Crippen molar-refractivity contribution in [2.75, 3.05) is 6.16 Å². The highest BCUT2D eigenvalue weighted by atomic mass is 35.5. The lowest BCUT2D eigenvalue weighted by atomic mass is 10.6. The highest BCUT2D eigenvalue weighted by molar-refractivity contribution is 7.61. The Labute approximate surface area is 64.1 Å². The van der Waals surface area contributed by atoms with Crippen molar-refractivity contribution in [1.29, 1.82) is 0 Å². The van der Waals surface area contributed by atoms with Gasteiger partial charge in [0.25, 0.3) is 0 Å². The topological polar surface area (TPSA) is 54.4 Å². The molecule has 0 aliphatic rings. The van der Waals surface area contributed by atoms with Gasteiger partial charge in [-0.3, -0.25) is 9.36 Å². The van der Waals surface area contributed by atoms with Gasteiger partial charge in [-0.1, -0.05) is 6.58 Å². The van der Waals surface area contributed by atoms with E-state index in [2.05, 4.69) is 6.58 Å². The molecule has 0 amide bonds. The van der Waals surface area contributed by atoms with Gasteiger partial charge in [-0.15, -0.1) is 0 Å². The quantitative estimate of drug-likeness (QED) is 0.530. The molecule has 5 heteroatoms. The summed E-state index contributed by atoms with van der Waals surface area (Å²) in [5.74, 6) is 0.951. The number of carbonyl (C=O) groups excluding carboxylic acids is 1. The van der Waals surface area contributed by atoms with E-state index in [-0.39, 0.29) is 12.6 Å². The Morgan fingerprint density at radius 2 is 2.30 bits per heavy atom. The Bertz CT molecular complexity index is 189. The first-order valence-corrected chi connectivity index (χ1v) is 4.90. The van der Waals surface area contributed by atoms with Crippen molar-refractivity contribution in [1.82, 2.24) is 0 Å². The van der Waals surface area contributed by atoms with E-state index >= 15 is 0 Å². The van der Waals surface area contributed by atoms with Gasteiger partial charge in [0.05, 0.1) is 0 Å². The van der Waals surface area contributed by atoms with Crippen molar-refractivity contribution in [3.05, 3.63) is 12.4 Å².